The highest BCUT2D eigenvalue weighted by molar-refractivity contribution is 5.75. The zero-order valence-electron chi connectivity index (χ0n) is 10.5. The lowest BCUT2D eigenvalue weighted by atomic mass is 9.70. The Balaban J connectivity index is 2.68. The Labute approximate surface area is 101 Å². The molecule has 0 aromatic heterocycles. The standard InChI is InChI=1S/C12H21F2NO2/c1-9-4-3-5-12(6-9,11(16)17)8-15(2)7-10(13)14/h9-10H,3-8H2,1-2H3,(H,16,17). The lowest BCUT2D eigenvalue weighted by molar-refractivity contribution is -0.153. The molecule has 0 aromatic carbocycles. The van der Waals surface area contributed by atoms with E-state index in [1.807, 2.05) is 6.92 Å². The summed E-state index contributed by atoms with van der Waals surface area (Å²) in [5.74, 6) is -0.482. The van der Waals surface area contributed by atoms with Crippen LogP contribution in [0.3, 0.4) is 0 Å². The maximum Gasteiger partial charge on any atom is 0.310 e. The molecule has 0 aliphatic heterocycles. The minimum atomic E-state index is -2.41. The third-order valence-corrected chi connectivity index (χ3v) is 3.57. The van der Waals surface area contributed by atoms with Crippen molar-refractivity contribution in [3.05, 3.63) is 0 Å². The van der Waals surface area contributed by atoms with Crippen LogP contribution in [-0.2, 0) is 4.79 Å². The molecule has 0 spiro atoms. The van der Waals surface area contributed by atoms with Gasteiger partial charge in [-0.1, -0.05) is 19.8 Å². The summed E-state index contributed by atoms with van der Waals surface area (Å²) in [6.07, 6.45) is 0.687. The highest BCUT2D eigenvalue weighted by Gasteiger charge is 2.42. The van der Waals surface area contributed by atoms with E-state index in [-0.39, 0.29) is 13.1 Å². The van der Waals surface area contributed by atoms with Gasteiger partial charge in [0.15, 0.2) is 0 Å². The Hall–Kier alpha value is -0.710. The van der Waals surface area contributed by atoms with Crippen LogP contribution >= 0.6 is 0 Å². The number of halogens is 2. The topological polar surface area (TPSA) is 40.5 Å². The van der Waals surface area contributed by atoms with E-state index in [0.717, 1.165) is 12.8 Å². The van der Waals surface area contributed by atoms with Gasteiger partial charge in [0.05, 0.1) is 12.0 Å². The molecule has 0 bridgehead atoms. The van der Waals surface area contributed by atoms with Crippen molar-refractivity contribution in [1.29, 1.82) is 0 Å². The van der Waals surface area contributed by atoms with Crippen molar-refractivity contribution < 1.29 is 18.7 Å². The Morgan fingerprint density at radius 3 is 2.71 bits per heavy atom. The molecule has 1 aliphatic carbocycles. The van der Waals surface area contributed by atoms with E-state index in [0.29, 0.717) is 18.8 Å². The molecule has 0 saturated heterocycles. The summed E-state index contributed by atoms with van der Waals surface area (Å²) in [5, 5.41) is 9.38. The number of hydrogen-bond donors (Lipinski definition) is 1. The summed E-state index contributed by atoms with van der Waals surface area (Å²) < 4.78 is 24.5. The molecule has 1 fully saturated rings. The van der Waals surface area contributed by atoms with Crippen molar-refractivity contribution in [2.24, 2.45) is 11.3 Å². The van der Waals surface area contributed by atoms with Crippen molar-refractivity contribution in [2.75, 3.05) is 20.1 Å². The van der Waals surface area contributed by atoms with Crippen LogP contribution < -0.4 is 0 Å². The van der Waals surface area contributed by atoms with Gasteiger partial charge in [0, 0.05) is 6.54 Å². The molecular formula is C12H21F2NO2. The van der Waals surface area contributed by atoms with Gasteiger partial charge in [0.2, 0.25) is 0 Å². The van der Waals surface area contributed by atoms with E-state index in [1.165, 1.54) is 4.90 Å². The van der Waals surface area contributed by atoms with Gasteiger partial charge in [-0.3, -0.25) is 9.69 Å². The van der Waals surface area contributed by atoms with Gasteiger partial charge in [-0.05, 0) is 25.8 Å². The second kappa shape index (κ2) is 5.76. The van der Waals surface area contributed by atoms with Gasteiger partial charge in [0.1, 0.15) is 0 Å². The SMILES string of the molecule is CC1CCCC(CN(C)CC(F)F)(C(=O)O)C1. The summed E-state index contributed by atoms with van der Waals surface area (Å²) in [6, 6.07) is 0. The van der Waals surface area contributed by atoms with Gasteiger partial charge >= 0.3 is 5.97 Å². The minimum Gasteiger partial charge on any atom is -0.481 e. The van der Waals surface area contributed by atoms with Gasteiger partial charge < -0.3 is 5.11 Å². The van der Waals surface area contributed by atoms with E-state index in [9.17, 15) is 18.7 Å². The van der Waals surface area contributed by atoms with Gasteiger partial charge in [-0.2, -0.15) is 0 Å². The number of nitrogens with zero attached hydrogens (tertiary/aromatic N) is 1. The van der Waals surface area contributed by atoms with Crippen LogP contribution in [0, 0.1) is 11.3 Å². The fourth-order valence-electron chi connectivity index (χ4n) is 2.88. The molecule has 5 heteroatoms. The molecule has 0 aromatic rings. The van der Waals surface area contributed by atoms with Gasteiger partial charge in [-0.25, -0.2) is 8.78 Å². The summed E-state index contributed by atoms with van der Waals surface area (Å²) in [5.41, 5.74) is -0.832. The highest BCUT2D eigenvalue weighted by atomic mass is 19.3. The first-order chi connectivity index (χ1) is 7.85. The number of alkyl halides is 2. The summed E-state index contributed by atoms with van der Waals surface area (Å²) in [4.78, 5) is 12.9. The zero-order chi connectivity index (χ0) is 13.1. The fraction of sp³-hybridized carbons (Fsp3) is 0.917. The first-order valence-electron chi connectivity index (χ1n) is 6.06. The van der Waals surface area contributed by atoms with Gasteiger partial charge in [-0.15, -0.1) is 0 Å². The molecule has 0 heterocycles. The quantitative estimate of drug-likeness (QED) is 0.813. The zero-order valence-corrected chi connectivity index (χ0v) is 10.5. The Bertz CT molecular complexity index is 273. The fourth-order valence-corrected chi connectivity index (χ4v) is 2.88. The molecule has 1 rings (SSSR count). The van der Waals surface area contributed by atoms with Gasteiger partial charge in [0.25, 0.3) is 6.43 Å². The average molecular weight is 249 g/mol. The molecule has 3 nitrogen and oxygen atoms in total. The van der Waals surface area contributed by atoms with E-state index in [1.54, 1.807) is 7.05 Å². The average Bonchev–Trinajstić information content (AvgIpc) is 2.15. The van der Waals surface area contributed by atoms with E-state index in [4.69, 9.17) is 0 Å². The number of aliphatic carboxylic acids is 1. The number of carboxylic acids is 1. The molecule has 0 radical (unpaired) electrons. The summed E-state index contributed by atoms with van der Waals surface area (Å²) in [6.45, 7) is 1.89. The van der Waals surface area contributed by atoms with E-state index in [2.05, 4.69) is 0 Å². The van der Waals surface area contributed by atoms with Crippen molar-refractivity contribution in [3.8, 4) is 0 Å². The van der Waals surface area contributed by atoms with Crippen LogP contribution in [0.15, 0.2) is 0 Å². The Kier molecular flexibility index (Phi) is 4.86. The largest absolute Gasteiger partial charge is 0.481 e. The Morgan fingerprint density at radius 1 is 1.59 bits per heavy atom. The first-order valence-corrected chi connectivity index (χ1v) is 6.06. The van der Waals surface area contributed by atoms with Crippen molar-refractivity contribution in [2.45, 2.75) is 39.0 Å². The van der Waals surface area contributed by atoms with Crippen molar-refractivity contribution >= 4 is 5.97 Å². The third-order valence-electron chi connectivity index (χ3n) is 3.57. The van der Waals surface area contributed by atoms with Crippen molar-refractivity contribution in [1.82, 2.24) is 4.90 Å². The number of carboxylic acid groups (broad SMARTS) is 1. The molecular weight excluding hydrogens is 228 g/mol. The number of rotatable bonds is 5. The number of hydrogen-bond acceptors (Lipinski definition) is 2. The van der Waals surface area contributed by atoms with Crippen LogP contribution in [0.25, 0.3) is 0 Å². The predicted molar refractivity (Wildman–Crippen MR) is 61.2 cm³/mol. The van der Waals surface area contributed by atoms with Crippen LogP contribution in [-0.4, -0.2) is 42.5 Å². The molecule has 2 unspecified atom stereocenters. The molecule has 1 saturated carbocycles. The molecule has 1 aliphatic rings. The molecule has 2 atom stereocenters. The van der Waals surface area contributed by atoms with E-state index >= 15 is 0 Å². The van der Waals surface area contributed by atoms with E-state index < -0.39 is 17.8 Å². The summed E-state index contributed by atoms with van der Waals surface area (Å²) in [7, 11) is 1.57. The second-order valence-electron chi connectivity index (χ2n) is 5.37. The van der Waals surface area contributed by atoms with Crippen LogP contribution in [0.1, 0.15) is 32.6 Å². The maximum atomic E-state index is 12.3. The van der Waals surface area contributed by atoms with Crippen LogP contribution in [0.2, 0.25) is 0 Å². The molecule has 0 amide bonds. The third kappa shape index (κ3) is 3.91. The first kappa shape index (κ1) is 14.4. The minimum absolute atomic E-state index is 0.219. The van der Waals surface area contributed by atoms with Crippen molar-refractivity contribution in [3.63, 3.8) is 0 Å². The summed E-state index contributed by atoms with van der Waals surface area (Å²) >= 11 is 0. The maximum absolute atomic E-state index is 12.3. The highest BCUT2D eigenvalue weighted by Crippen LogP contribution is 2.40. The lowest BCUT2D eigenvalue weighted by Crippen LogP contribution is -2.45. The Morgan fingerprint density at radius 2 is 2.24 bits per heavy atom. The predicted octanol–water partition coefficient (Wildman–Crippen LogP) is 2.46. The monoisotopic (exact) mass is 249 g/mol. The molecule has 1 N–H and O–H groups in total. The smallest absolute Gasteiger partial charge is 0.310 e. The lowest BCUT2D eigenvalue weighted by Gasteiger charge is -2.39. The molecule has 17 heavy (non-hydrogen) atoms. The normalized spacial score (nSPS) is 29.9. The van der Waals surface area contributed by atoms with Crippen LogP contribution in [0.5, 0.6) is 0 Å². The van der Waals surface area contributed by atoms with Crippen LogP contribution in [0.4, 0.5) is 8.78 Å². The molecule has 100 valence electrons. The second-order valence-corrected chi connectivity index (χ2v) is 5.37. The number of carbonyl (C=O) groups is 1.